The number of aryl methyl sites for hydroxylation is 1. The first-order valence-electron chi connectivity index (χ1n) is 8.64. The summed E-state index contributed by atoms with van der Waals surface area (Å²) in [5, 5.41) is 2.73. The largest absolute Gasteiger partial charge is 0.347 e. The molecule has 0 bridgehead atoms. The smallest absolute Gasteiger partial charge is 0.227 e. The molecule has 26 heavy (non-hydrogen) atoms. The molecule has 4 rings (SSSR count). The Bertz CT molecular complexity index is 782. The number of halogens is 2. The van der Waals surface area contributed by atoms with Crippen LogP contribution in [0.5, 0.6) is 0 Å². The van der Waals surface area contributed by atoms with Gasteiger partial charge in [-0.05, 0) is 19.1 Å². The first-order valence-corrected chi connectivity index (χ1v) is 8.64. The summed E-state index contributed by atoms with van der Waals surface area (Å²) in [7, 11) is 0. The van der Waals surface area contributed by atoms with E-state index in [4.69, 9.17) is 9.47 Å². The molecule has 2 aromatic rings. The van der Waals surface area contributed by atoms with Gasteiger partial charge in [0, 0.05) is 37.7 Å². The fraction of sp³-hybridized carbons (Fsp3) is 0.444. The molecule has 2 saturated heterocycles. The van der Waals surface area contributed by atoms with Gasteiger partial charge in [0.1, 0.15) is 23.1 Å². The van der Waals surface area contributed by atoms with E-state index in [-0.39, 0.29) is 5.69 Å². The molecule has 2 aliphatic heterocycles. The van der Waals surface area contributed by atoms with Crippen LogP contribution in [0.4, 0.5) is 26.2 Å². The molecule has 0 saturated carbocycles. The van der Waals surface area contributed by atoms with E-state index in [1.54, 1.807) is 6.07 Å². The number of hydrogen-bond acceptors (Lipinski definition) is 6. The lowest BCUT2D eigenvalue weighted by molar-refractivity contribution is -0.169. The Hall–Kier alpha value is -2.32. The van der Waals surface area contributed by atoms with E-state index in [0.29, 0.717) is 43.8 Å². The predicted octanol–water partition coefficient (Wildman–Crippen LogP) is 3.15. The maximum atomic E-state index is 13.9. The highest BCUT2D eigenvalue weighted by Gasteiger charge is 2.40. The number of nitrogens with zero attached hydrogens (tertiary/aromatic N) is 3. The van der Waals surface area contributed by atoms with Crippen molar-refractivity contribution in [3.8, 4) is 0 Å². The van der Waals surface area contributed by atoms with Crippen molar-refractivity contribution in [1.82, 2.24) is 9.97 Å². The summed E-state index contributed by atoms with van der Waals surface area (Å²) in [5.74, 6) is -0.934. The molecule has 1 spiro atoms. The third-order valence-electron chi connectivity index (χ3n) is 4.68. The lowest BCUT2D eigenvalue weighted by Crippen LogP contribution is -2.45. The van der Waals surface area contributed by atoms with Crippen LogP contribution in [-0.4, -0.2) is 42.1 Å². The van der Waals surface area contributed by atoms with E-state index >= 15 is 0 Å². The molecule has 0 unspecified atom stereocenters. The number of piperidine rings is 1. The highest BCUT2D eigenvalue weighted by atomic mass is 19.1. The second-order valence-corrected chi connectivity index (χ2v) is 6.51. The van der Waals surface area contributed by atoms with Crippen molar-refractivity contribution in [2.75, 3.05) is 36.5 Å². The maximum Gasteiger partial charge on any atom is 0.227 e. The number of benzene rings is 1. The van der Waals surface area contributed by atoms with E-state index in [2.05, 4.69) is 15.3 Å². The Labute approximate surface area is 150 Å². The molecule has 1 N–H and O–H groups in total. The van der Waals surface area contributed by atoms with Gasteiger partial charge in [-0.15, -0.1) is 0 Å². The molecule has 0 radical (unpaired) electrons. The summed E-state index contributed by atoms with van der Waals surface area (Å²) < 4.78 is 39.2. The van der Waals surface area contributed by atoms with Crippen molar-refractivity contribution in [2.24, 2.45) is 0 Å². The minimum atomic E-state index is -0.668. The van der Waals surface area contributed by atoms with Crippen molar-refractivity contribution >= 4 is 17.5 Å². The van der Waals surface area contributed by atoms with Crippen LogP contribution in [0.15, 0.2) is 24.3 Å². The first kappa shape index (κ1) is 17.1. The van der Waals surface area contributed by atoms with Crippen molar-refractivity contribution in [1.29, 1.82) is 0 Å². The molecule has 8 heteroatoms. The average Bonchev–Trinajstić information content (AvgIpc) is 3.06. The van der Waals surface area contributed by atoms with Gasteiger partial charge in [0.15, 0.2) is 5.79 Å². The number of para-hydroxylation sites is 1. The van der Waals surface area contributed by atoms with Crippen LogP contribution in [0.3, 0.4) is 0 Å². The normalized spacial score (nSPS) is 19.1. The van der Waals surface area contributed by atoms with Gasteiger partial charge in [0.2, 0.25) is 5.95 Å². The number of nitrogens with one attached hydrogen (secondary N) is 1. The number of ether oxygens (including phenoxy) is 2. The molecule has 0 aliphatic carbocycles. The molecule has 3 heterocycles. The highest BCUT2D eigenvalue weighted by Crippen LogP contribution is 2.33. The Morgan fingerprint density at radius 2 is 1.73 bits per heavy atom. The number of hydrogen-bond donors (Lipinski definition) is 1. The topological polar surface area (TPSA) is 59.5 Å². The minimum Gasteiger partial charge on any atom is -0.347 e. The van der Waals surface area contributed by atoms with E-state index in [9.17, 15) is 8.78 Å². The van der Waals surface area contributed by atoms with Gasteiger partial charge in [-0.25, -0.2) is 13.8 Å². The van der Waals surface area contributed by atoms with E-state index in [1.807, 2.05) is 11.8 Å². The first-order chi connectivity index (χ1) is 12.5. The van der Waals surface area contributed by atoms with Gasteiger partial charge in [-0.2, -0.15) is 4.98 Å². The Morgan fingerprint density at radius 3 is 2.38 bits per heavy atom. The Balaban J connectivity index is 1.53. The van der Waals surface area contributed by atoms with Crippen molar-refractivity contribution in [3.05, 3.63) is 41.6 Å². The number of anilines is 3. The van der Waals surface area contributed by atoms with Crippen LogP contribution < -0.4 is 10.2 Å². The second kappa shape index (κ2) is 6.77. The summed E-state index contributed by atoms with van der Waals surface area (Å²) in [6, 6.07) is 5.38. The van der Waals surface area contributed by atoms with Crippen LogP contribution in [0.1, 0.15) is 18.5 Å². The molecule has 138 valence electrons. The van der Waals surface area contributed by atoms with Crippen molar-refractivity contribution in [2.45, 2.75) is 25.6 Å². The molecular weight excluding hydrogens is 342 g/mol. The highest BCUT2D eigenvalue weighted by molar-refractivity contribution is 5.59. The average molecular weight is 362 g/mol. The molecular formula is C18H20F2N4O2. The fourth-order valence-corrected chi connectivity index (χ4v) is 3.34. The third-order valence-corrected chi connectivity index (χ3v) is 4.68. The minimum absolute atomic E-state index is 0.220. The molecule has 2 fully saturated rings. The second-order valence-electron chi connectivity index (χ2n) is 6.51. The molecule has 6 nitrogen and oxygen atoms in total. The Morgan fingerprint density at radius 1 is 1.08 bits per heavy atom. The zero-order valence-corrected chi connectivity index (χ0v) is 14.5. The van der Waals surface area contributed by atoms with Crippen LogP contribution in [-0.2, 0) is 9.47 Å². The Kier molecular flexibility index (Phi) is 4.46. The van der Waals surface area contributed by atoms with Crippen LogP contribution >= 0.6 is 0 Å². The monoisotopic (exact) mass is 362 g/mol. The van der Waals surface area contributed by atoms with E-state index in [0.717, 1.165) is 12.8 Å². The lowest BCUT2D eigenvalue weighted by atomic mass is 10.0. The van der Waals surface area contributed by atoms with Crippen molar-refractivity contribution < 1.29 is 18.3 Å². The van der Waals surface area contributed by atoms with Crippen LogP contribution in [0, 0.1) is 18.6 Å². The summed E-state index contributed by atoms with van der Waals surface area (Å²) in [6.07, 6.45) is 1.46. The molecule has 2 aliphatic rings. The predicted molar refractivity (Wildman–Crippen MR) is 92.5 cm³/mol. The third kappa shape index (κ3) is 3.34. The summed E-state index contributed by atoms with van der Waals surface area (Å²) >= 11 is 0. The van der Waals surface area contributed by atoms with E-state index < -0.39 is 17.4 Å². The molecule has 1 aromatic carbocycles. The summed E-state index contributed by atoms with van der Waals surface area (Å²) in [6.45, 7) is 4.46. The van der Waals surface area contributed by atoms with Crippen LogP contribution in [0.2, 0.25) is 0 Å². The zero-order valence-electron chi connectivity index (χ0n) is 14.5. The standard InChI is InChI=1S/C18H20F2N4O2/c1-12-11-15(22-16-13(19)3-2-4-14(16)20)23-17(21-12)24-7-5-18(6-8-24)25-9-10-26-18/h2-4,11H,5-10H2,1H3,(H,21,22,23). The quantitative estimate of drug-likeness (QED) is 0.905. The summed E-state index contributed by atoms with van der Waals surface area (Å²) in [5.41, 5.74) is 0.491. The lowest BCUT2D eigenvalue weighted by Gasteiger charge is -2.37. The van der Waals surface area contributed by atoms with Gasteiger partial charge in [-0.3, -0.25) is 0 Å². The number of rotatable bonds is 3. The van der Waals surface area contributed by atoms with Gasteiger partial charge in [0.25, 0.3) is 0 Å². The maximum absolute atomic E-state index is 13.9. The fourth-order valence-electron chi connectivity index (χ4n) is 3.34. The molecule has 0 atom stereocenters. The molecule has 1 aromatic heterocycles. The van der Waals surface area contributed by atoms with Crippen molar-refractivity contribution in [3.63, 3.8) is 0 Å². The molecule has 0 amide bonds. The van der Waals surface area contributed by atoms with Gasteiger partial charge in [0.05, 0.1) is 13.2 Å². The zero-order chi connectivity index (χ0) is 18.1. The van der Waals surface area contributed by atoms with Gasteiger partial charge < -0.3 is 19.7 Å². The van der Waals surface area contributed by atoms with Gasteiger partial charge >= 0.3 is 0 Å². The van der Waals surface area contributed by atoms with E-state index in [1.165, 1.54) is 18.2 Å². The summed E-state index contributed by atoms with van der Waals surface area (Å²) in [4.78, 5) is 10.9. The van der Waals surface area contributed by atoms with Crippen LogP contribution in [0.25, 0.3) is 0 Å². The number of aromatic nitrogens is 2. The SMILES string of the molecule is Cc1cc(Nc2c(F)cccc2F)nc(N2CCC3(CC2)OCCO3)n1. The van der Waals surface area contributed by atoms with Gasteiger partial charge in [-0.1, -0.05) is 6.07 Å².